The predicted molar refractivity (Wildman–Crippen MR) is 79.4 cm³/mol. The first-order chi connectivity index (χ1) is 9.94. The van der Waals surface area contributed by atoms with Crippen molar-refractivity contribution in [1.82, 2.24) is 10.2 Å². The van der Waals surface area contributed by atoms with Gasteiger partial charge in [-0.3, -0.25) is 0 Å². The van der Waals surface area contributed by atoms with Gasteiger partial charge in [0.15, 0.2) is 0 Å². The monoisotopic (exact) mass is 300 g/mol. The van der Waals surface area contributed by atoms with Crippen LogP contribution >= 0.6 is 0 Å². The van der Waals surface area contributed by atoms with Crippen LogP contribution in [0.5, 0.6) is 0 Å². The molecule has 2 aliphatic heterocycles. The summed E-state index contributed by atoms with van der Waals surface area (Å²) in [6, 6.07) is 0.439. The van der Waals surface area contributed by atoms with Crippen molar-refractivity contribution in [2.45, 2.75) is 51.4 Å². The summed E-state index contributed by atoms with van der Waals surface area (Å²) in [4.78, 5) is 13.8. The van der Waals surface area contributed by atoms with E-state index in [1.165, 1.54) is 0 Å². The van der Waals surface area contributed by atoms with E-state index in [2.05, 4.69) is 5.32 Å². The van der Waals surface area contributed by atoms with Crippen LogP contribution in [0.15, 0.2) is 0 Å². The summed E-state index contributed by atoms with van der Waals surface area (Å²) in [6.45, 7) is 10.0. The number of hydrogen-bond acceptors (Lipinski definition) is 5. The second-order valence-corrected chi connectivity index (χ2v) is 6.72. The highest BCUT2D eigenvalue weighted by Gasteiger charge is 2.27. The number of carbonyl (C=O) groups excluding carboxylic acids is 1. The molecule has 6 heteroatoms. The summed E-state index contributed by atoms with van der Waals surface area (Å²) in [5, 5.41) is 3.52. The zero-order chi connectivity index (χ0) is 15.3. The van der Waals surface area contributed by atoms with Crippen molar-refractivity contribution in [2.75, 3.05) is 39.5 Å². The fourth-order valence-electron chi connectivity index (χ4n) is 2.55. The van der Waals surface area contributed by atoms with Gasteiger partial charge in [-0.2, -0.15) is 0 Å². The molecule has 1 atom stereocenters. The van der Waals surface area contributed by atoms with Crippen molar-refractivity contribution in [3.8, 4) is 0 Å². The quantitative estimate of drug-likeness (QED) is 0.853. The van der Waals surface area contributed by atoms with E-state index in [0.717, 1.165) is 32.5 Å². The summed E-state index contributed by atoms with van der Waals surface area (Å²) in [5.41, 5.74) is -0.426. The van der Waals surface area contributed by atoms with Crippen LogP contribution in [0.3, 0.4) is 0 Å². The summed E-state index contributed by atoms with van der Waals surface area (Å²) < 4.78 is 16.4. The number of piperidine rings is 1. The van der Waals surface area contributed by atoms with Crippen LogP contribution in [-0.2, 0) is 14.2 Å². The third-order valence-corrected chi connectivity index (χ3v) is 3.67. The number of nitrogens with zero attached hydrogens (tertiary/aromatic N) is 1. The Hall–Kier alpha value is -0.850. The van der Waals surface area contributed by atoms with Gasteiger partial charge in [0.1, 0.15) is 5.60 Å². The van der Waals surface area contributed by atoms with Crippen molar-refractivity contribution in [3.63, 3.8) is 0 Å². The molecule has 0 aromatic rings. The van der Waals surface area contributed by atoms with Crippen LogP contribution in [-0.4, -0.2) is 68.2 Å². The molecule has 2 rings (SSSR count). The lowest BCUT2D eigenvalue weighted by molar-refractivity contribution is -0.0874. The van der Waals surface area contributed by atoms with E-state index < -0.39 is 5.60 Å². The molecule has 6 nitrogen and oxygen atoms in total. The van der Waals surface area contributed by atoms with Gasteiger partial charge in [0.25, 0.3) is 0 Å². The maximum Gasteiger partial charge on any atom is 0.410 e. The Morgan fingerprint density at radius 1 is 1.29 bits per heavy atom. The number of nitrogens with one attached hydrogen (secondary N) is 1. The Labute approximate surface area is 127 Å². The molecule has 0 aliphatic carbocycles. The van der Waals surface area contributed by atoms with Crippen LogP contribution < -0.4 is 5.32 Å². The number of carbonyl (C=O) groups is 1. The number of rotatable bonds is 3. The molecule has 2 saturated heterocycles. The highest BCUT2D eigenvalue weighted by Crippen LogP contribution is 2.15. The number of amides is 1. The fraction of sp³-hybridized carbons (Fsp3) is 0.933. The first-order valence-corrected chi connectivity index (χ1v) is 7.85. The maximum absolute atomic E-state index is 12.0. The van der Waals surface area contributed by atoms with Gasteiger partial charge in [-0.15, -0.1) is 0 Å². The van der Waals surface area contributed by atoms with Gasteiger partial charge in [-0.05, 0) is 33.6 Å². The van der Waals surface area contributed by atoms with E-state index in [-0.39, 0.29) is 12.2 Å². The summed E-state index contributed by atoms with van der Waals surface area (Å²) >= 11 is 0. The lowest BCUT2D eigenvalue weighted by Gasteiger charge is -2.34. The number of hydrogen-bond donors (Lipinski definition) is 1. The summed E-state index contributed by atoms with van der Waals surface area (Å²) in [7, 11) is 0. The van der Waals surface area contributed by atoms with Crippen molar-refractivity contribution in [1.29, 1.82) is 0 Å². The Morgan fingerprint density at radius 3 is 2.57 bits per heavy atom. The minimum absolute atomic E-state index is 0.155. The van der Waals surface area contributed by atoms with Gasteiger partial charge in [0.2, 0.25) is 0 Å². The highest BCUT2D eigenvalue weighted by molar-refractivity contribution is 5.68. The molecule has 0 saturated carbocycles. The predicted octanol–water partition coefficient (Wildman–Crippen LogP) is 1.39. The molecule has 2 aliphatic rings. The first-order valence-electron chi connectivity index (χ1n) is 7.85. The van der Waals surface area contributed by atoms with Crippen molar-refractivity contribution < 1.29 is 19.0 Å². The van der Waals surface area contributed by atoms with Gasteiger partial charge in [-0.25, -0.2) is 4.79 Å². The molecule has 122 valence electrons. The molecule has 0 radical (unpaired) electrons. The van der Waals surface area contributed by atoms with E-state index in [1.54, 1.807) is 4.90 Å². The van der Waals surface area contributed by atoms with Crippen LogP contribution in [0.4, 0.5) is 4.79 Å². The Morgan fingerprint density at radius 2 is 2.00 bits per heavy atom. The van der Waals surface area contributed by atoms with Gasteiger partial charge in [-0.1, -0.05) is 0 Å². The normalized spacial score (nSPS) is 24.9. The highest BCUT2D eigenvalue weighted by atomic mass is 16.6. The van der Waals surface area contributed by atoms with Crippen molar-refractivity contribution >= 4 is 6.09 Å². The molecular weight excluding hydrogens is 272 g/mol. The Bertz CT molecular complexity index is 329. The van der Waals surface area contributed by atoms with Crippen molar-refractivity contribution in [3.05, 3.63) is 0 Å². The topological polar surface area (TPSA) is 60.0 Å². The van der Waals surface area contributed by atoms with Crippen LogP contribution in [0.1, 0.15) is 33.6 Å². The molecule has 0 aromatic carbocycles. The van der Waals surface area contributed by atoms with E-state index in [0.29, 0.717) is 25.9 Å². The largest absolute Gasteiger partial charge is 0.444 e. The second-order valence-electron chi connectivity index (χ2n) is 6.72. The van der Waals surface area contributed by atoms with Gasteiger partial charge in [0.05, 0.1) is 25.9 Å². The van der Waals surface area contributed by atoms with E-state index in [9.17, 15) is 4.79 Å². The molecule has 2 heterocycles. The average molecular weight is 300 g/mol. The average Bonchev–Trinajstić information content (AvgIpc) is 2.45. The summed E-state index contributed by atoms with van der Waals surface area (Å²) in [6.07, 6.45) is 1.85. The van der Waals surface area contributed by atoms with Crippen molar-refractivity contribution in [2.24, 2.45) is 0 Å². The number of ether oxygens (including phenoxy) is 3. The molecule has 1 amide bonds. The molecular formula is C15H28N2O4. The van der Waals surface area contributed by atoms with E-state index in [1.807, 2.05) is 20.8 Å². The molecule has 0 bridgehead atoms. The minimum Gasteiger partial charge on any atom is -0.444 e. The second kappa shape index (κ2) is 7.42. The number of likely N-dealkylation sites (tertiary alicyclic amines) is 1. The zero-order valence-electron chi connectivity index (χ0n) is 13.4. The fourth-order valence-corrected chi connectivity index (χ4v) is 2.55. The summed E-state index contributed by atoms with van der Waals surface area (Å²) in [5.74, 6) is 0. The van der Waals surface area contributed by atoms with E-state index >= 15 is 0 Å². The maximum atomic E-state index is 12.0. The van der Waals surface area contributed by atoms with Gasteiger partial charge < -0.3 is 24.4 Å². The molecule has 1 N–H and O–H groups in total. The van der Waals surface area contributed by atoms with Crippen LogP contribution in [0.2, 0.25) is 0 Å². The van der Waals surface area contributed by atoms with Crippen LogP contribution in [0.25, 0.3) is 0 Å². The molecule has 21 heavy (non-hydrogen) atoms. The van der Waals surface area contributed by atoms with Gasteiger partial charge in [0, 0.05) is 25.7 Å². The van der Waals surface area contributed by atoms with Gasteiger partial charge >= 0.3 is 6.09 Å². The SMILES string of the molecule is CC(C)(C)OC(=O)N1CCC(NCC2COCCO2)CC1. The minimum atomic E-state index is -0.426. The molecule has 0 spiro atoms. The smallest absolute Gasteiger partial charge is 0.410 e. The standard InChI is InChI=1S/C15H28N2O4/c1-15(2,3)21-14(18)17-6-4-12(5-7-17)16-10-13-11-19-8-9-20-13/h12-13,16H,4-11H2,1-3H3. The molecule has 0 aromatic heterocycles. The Balaban J connectivity index is 1.64. The lowest BCUT2D eigenvalue weighted by atomic mass is 10.1. The molecule has 1 unspecified atom stereocenters. The Kier molecular flexibility index (Phi) is 5.84. The third kappa shape index (κ3) is 5.80. The van der Waals surface area contributed by atoms with Crippen LogP contribution in [0, 0.1) is 0 Å². The third-order valence-electron chi connectivity index (χ3n) is 3.67. The lowest BCUT2D eigenvalue weighted by Crippen LogP contribution is -2.48. The zero-order valence-corrected chi connectivity index (χ0v) is 13.4. The first kappa shape index (κ1) is 16.5. The molecule has 2 fully saturated rings. The van der Waals surface area contributed by atoms with E-state index in [4.69, 9.17) is 14.2 Å².